The third kappa shape index (κ3) is 6.19. The predicted molar refractivity (Wildman–Crippen MR) is 145 cm³/mol. The SMILES string of the molecule is CC[C@@H](C(=O)NC1CCCC1)N(Cc1cccc(OC)c1)C(=O)COc1ccc2ccccc2c1Br. The molecule has 2 amide bonds. The topological polar surface area (TPSA) is 67.9 Å². The quantitative estimate of drug-likeness (QED) is 0.342. The number of amides is 2. The summed E-state index contributed by atoms with van der Waals surface area (Å²) in [7, 11) is 1.61. The highest BCUT2D eigenvalue weighted by Gasteiger charge is 2.31. The number of ether oxygens (including phenoxy) is 2. The third-order valence-corrected chi connectivity index (χ3v) is 7.57. The molecule has 1 N–H and O–H groups in total. The highest BCUT2D eigenvalue weighted by atomic mass is 79.9. The Morgan fingerprint density at radius 1 is 1.08 bits per heavy atom. The molecule has 1 saturated carbocycles. The minimum Gasteiger partial charge on any atom is -0.497 e. The summed E-state index contributed by atoms with van der Waals surface area (Å²) in [6.45, 7) is 2.05. The van der Waals surface area contributed by atoms with Crippen molar-refractivity contribution in [1.82, 2.24) is 10.2 Å². The Balaban J connectivity index is 1.54. The van der Waals surface area contributed by atoms with Crippen molar-refractivity contribution in [1.29, 1.82) is 0 Å². The van der Waals surface area contributed by atoms with Crippen molar-refractivity contribution in [2.75, 3.05) is 13.7 Å². The Hall–Kier alpha value is -3.06. The third-order valence-electron chi connectivity index (χ3n) is 6.75. The van der Waals surface area contributed by atoms with Gasteiger partial charge >= 0.3 is 0 Å². The summed E-state index contributed by atoms with van der Waals surface area (Å²) in [5.74, 6) is 0.949. The Bertz CT molecular complexity index is 1210. The molecule has 4 rings (SSSR count). The number of hydrogen-bond donors (Lipinski definition) is 1. The van der Waals surface area contributed by atoms with E-state index in [4.69, 9.17) is 9.47 Å². The van der Waals surface area contributed by atoms with Crippen LogP contribution in [-0.2, 0) is 16.1 Å². The average Bonchev–Trinajstić information content (AvgIpc) is 3.41. The van der Waals surface area contributed by atoms with Gasteiger partial charge in [0.05, 0.1) is 11.6 Å². The second-order valence-corrected chi connectivity index (χ2v) is 9.97. The molecule has 0 unspecified atom stereocenters. The number of nitrogens with one attached hydrogen (secondary N) is 1. The minimum absolute atomic E-state index is 0.104. The van der Waals surface area contributed by atoms with E-state index in [2.05, 4.69) is 21.2 Å². The standard InChI is InChI=1S/C29H33BrN2O4/c1-3-25(29(34)31-22-11-5-6-12-22)32(18-20-9-8-13-23(17-20)35-2)27(33)19-36-26-16-15-21-10-4-7-14-24(21)28(26)30/h4,7-10,13-17,22,25H,3,5-6,11-12,18-19H2,1-2H3,(H,31,34)/t25-/m0/s1. The lowest BCUT2D eigenvalue weighted by molar-refractivity contribution is -0.143. The van der Waals surface area contributed by atoms with Crippen LogP contribution in [0.25, 0.3) is 10.8 Å². The van der Waals surface area contributed by atoms with Crippen LogP contribution in [0, 0.1) is 0 Å². The lowest BCUT2D eigenvalue weighted by atomic mass is 10.1. The van der Waals surface area contributed by atoms with Crippen molar-refractivity contribution in [3.63, 3.8) is 0 Å². The molecule has 1 atom stereocenters. The second kappa shape index (κ2) is 12.3. The molecular formula is C29H33BrN2O4. The van der Waals surface area contributed by atoms with Crippen molar-refractivity contribution in [2.45, 2.75) is 57.7 Å². The smallest absolute Gasteiger partial charge is 0.261 e. The minimum atomic E-state index is -0.590. The first-order chi connectivity index (χ1) is 17.5. The van der Waals surface area contributed by atoms with Crippen LogP contribution in [0.4, 0.5) is 0 Å². The average molecular weight is 553 g/mol. The zero-order valence-electron chi connectivity index (χ0n) is 20.8. The van der Waals surface area contributed by atoms with Gasteiger partial charge in [-0.25, -0.2) is 0 Å². The summed E-state index contributed by atoms with van der Waals surface area (Å²) in [5, 5.41) is 5.26. The van der Waals surface area contributed by atoms with Crippen molar-refractivity contribution in [3.8, 4) is 11.5 Å². The Kier molecular flexibility index (Phi) is 8.86. The Morgan fingerprint density at radius 3 is 2.61 bits per heavy atom. The molecule has 3 aromatic rings. The summed E-state index contributed by atoms with van der Waals surface area (Å²) in [6, 6.07) is 19.0. The van der Waals surface area contributed by atoms with Crippen LogP contribution in [0.3, 0.4) is 0 Å². The van der Waals surface area contributed by atoms with Gasteiger partial charge < -0.3 is 19.7 Å². The highest BCUT2D eigenvalue weighted by molar-refractivity contribution is 9.10. The fourth-order valence-corrected chi connectivity index (χ4v) is 5.41. The van der Waals surface area contributed by atoms with Crippen LogP contribution < -0.4 is 14.8 Å². The molecule has 1 aliphatic carbocycles. The van der Waals surface area contributed by atoms with Crippen molar-refractivity contribution >= 4 is 38.5 Å². The van der Waals surface area contributed by atoms with Gasteiger partial charge in [0.25, 0.3) is 5.91 Å². The zero-order valence-corrected chi connectivity index (χ0v) is 22.4. The molecule has 0 bridgehead atoms. The van der Waals surface area contributed by atoms with Crippen LogP contribution >= 0.6 is 15.9 Å². The maximum Gasteiger partial charge on any atom is 0.261 e. The number of fused-ring (bicyclic) bond motifs is 1. The second-order valence-electron chi connectivity index (χ2n) is 9.17. The van der Waals surface area contributed by atoms with E-state index < -0.39 is 6.04 Å². The molecule has 190 valence electrons. The van der Waals surface area contributed by atoms with E-state index in [1.807, 2.05) is 67.6 Å². The largest absolute Gasteiger partial charge is 0.497 e. The predicted octanol–water partition coefficient (Wildman–Crippen LogP) is 5.86. The molecule has 1 aliphatic rings. The van der Waals surface area contributed by atoms with Gasteiger partial charge in [-0.3, -0.25) is 9.59 Å². The lowest BCUT2D eigenvalue weighted by Gasteiger charge is -2.31. The van der Waals surface area contributed by atoms with Gasteiger partial charge in [0.2, 0.25) is 5.91 Å². The molecule has 1 fully saturated rings. The van der Waals surface area contributed by atoms with Gasteiger partial charge in [-0.2, -0.15) is 0 Å². The maximum atomic E-state index is 13.6. The summed E-state index contributed by atoms with van der Waals surface area (Å²) in [6.07, 6.45) is 4.75. The molecule has 36 heavy (non-hydrogen) atoms. The normalized spacial score (nSPS) is 14.4. The van der Waals surface area contributed by atoms with E-state index in [1.165, 1.54) is 0 Å². The van der Waals surface area contributed by atoms with Gasteiger partial charge in [-0.15, -0.1) is 0 Å². The molecule has 0 heterocycles. The van der Waals surface area contributed by atoms with Gasteiger partial charge in [-0.1, -0.05) is 62.2 Å². The van der Waals surface area contributed by atoms with Crippen molar-refractivity contribution in [3.05, 3.63) is 70.7 Å². The highest BCUT2D eigenvalue weighted by Crippen LogP contribution is 2.33. The molecule has 0 radical (unpaired) electrons. The fourth-order valence-electron chi connectivity index (χ4n) is 4.80. The van der Waals surface area contributed by atoms with E-state index in [1.54, 1.807) is 12.0 Å². The monoisotopic (exact) mass is 552 g/mol. The Morgan fingerprint density at radius 2 is 1.86 bits per heavy atom. The van der Waals surface area contributed by atoms with E-state index in [0.717, 1.165) is 46.5 Å². The van der Waals surface area contributed by atoms with E-state index in [-0.39, 0.29) is 31.0 Å². The van der Waals surface area contributed by atoms with Crippen LogP contribution in [-0.4, -0.2) is 42.5 Å². The first kappa shape index (κ1) is 26.0. The summed E-state index contributed by atoms with van der Waals surface area (Å²) < 4.78 is 12.1. The molecule has 6 nitrogen and oxygen atoms in total. The number of halogens is 1. The number of methoxy groups -OCH3 is 1. The number of carbonyl (C=O) groups excluding carboxylic acids is 2. The van der Waals surface area contributed by atoms with Gasteiger partial charge in [-0.05, 0) is 69.7 Å². The number of carbonyl (C=O) groups is 2. The maximum absolute atomic E-state index is 13.6. The van der Waals surface area contributed by atoms with E-state index in [0.29, 0.717) is 17.9 Å². The molecule has 0 saturated heterocycles. The summed E-state index contributed by atoms with van der Waals surface area (Å²) in [5.41, 5.74) is 0.890. The van der Waals surface area contributed by atoms with Crippen LogP contribution in [0.5, 0.6) is 11.5 Å². The molecule has 0 aromatic heterocycles. The Labute approximate surface area is 221 Å². The number of nitrogens with zero attached hydrogens (tertiary/aromatic N) is 1. The van der Waals surface area contributed by atoms with Crippen LogP contribution in [0.2, 0.25) is 0 Å². The lowest BCUT2D eigenvalue weighted by Crippen LogP contribution is -2.52. The molecule has 7 heteroatoms. The zero-order chi connectivity index (χ0) is 25.5. The van der Waals surface area contributed by atoms with Gasteiger partial charge in [0.1, 0.15) is 17.5 Å². The number of benzene rings is 3. The van der Waals surface area contributed by atoms with Crippen molar-refractivity contribution < 1.29 is 19.1 Å². The first-order valence-electron chi connectivity index (χ1n) is 12.5. The summed E-state index contributed by atoms with van der Waals surface area (Å²) in [4.78, 5) is 28.5. The molecule has 0 aliphatic heterocycles. The van der Waals surface area contributed by atoms with E-state index >= 15 is 0 Å². The fraction of sp³-hybridized carbons (Fsp3) is 0.379. The molecule has 3 aromatic carbocycles. The van der Waals surface area contributed by atoms with Crippen LogP contribution in [0.1, 0.15) is 44.6 Å². The first-order valence-corrected chi connectivity index (χ1v) is 13.3. The van der Waals surface area contributed by atoms with Gasteiger partial charge in [0.15, 0.2) is 6.61 Å². The molecule has 0 spiro atoms. The van der Waals surface area contributed by atoms with Gasteiger partial charge in [0, 0.05) is 12.6 Å². The van der Waals surface area contributed by atoms with Crippen molar-refractivity contribution in [2.24, 2.45) is 0 Å². The number of hydrogen-bond acceptors (Lipinski definition) is 4. The number of rotatable bonds is 10. The van der Waals surface area contributed by atoms with E-state index in [9.17, 15) is 9.59 Å². The van der Waals surface area contributed by atoms with Crippen LogP contribution in [0.15, 0.2) is 65.1 Å². The molecular weight excluding hydrogens is 520 g/mol. The summed E-state index contributed by atoms with van der Waals surface area (Å²) >= 11 is 3.63.